The molecule has 0 aromatic rings. The summed E-state index contributed by atoms with van der Waals surface area (Å²) in [5, 5.41) is 0. The van der Waals surface area contributed by atoms with Crippen LogP contribution in [0.25, 0.3) is 0 Å². The number of hydrogen-bond donors (Lipinski definition) is 0. The number of hydrogen-bond acceptors (Lipinski definition) is 0. The van der Waals surface area contributed by atoms with Gasteiger partial charge in [0.1, 0.15) is 0 Å². The van der Waals surface area contributed by atoms with Crippen LogP contribution in [0.2, 0.25) is 0 Å². The molecule has 0 atom stereocenters. The molecule has 0 aliphatic carbocycles. The van der Waals surface area contributed by atoms with Crippen LogP contribution in [-0.2, 0) is 22.4 Å². The van der Waals surface area contributed by atoms with Gasteiger partial charge in [-0.25, -0.2) is 0 Å². The first kappa shape index (κ1) is 48.8. The van der Waals surface area contributed by atoms with Crippen LogP contribution in [0, 0.1) is 0 Å². The van der Waals surface area contributed by atoms with Gasteiger partial charge in [0.15, 0.2) is 0 Å². The smallest absolute Gasteiger partial charge is 1.00 e. The fraction of sp³-hybridized carbons (Fsp3) is 0. The van der Waals surface area contributed by atoms with Gasteiger partial charge in [-0.3, -0.25) is 0 Å². The van der Waals surface area contributed by atoms with Crippen LogP contribution < -0.4 is 66.8 Å². The van der Waals surface area contributed by atoms with Crippen molar-refractivity contribution in [3.63, 3.8) is 0 Å². The first-order valence-corrected chi connectivity index (χ1v) is 0. The van der Waals surface area contributed by atoms with E-state index >= 15 is 0 Å². The van der Waals surface area contributed by atoms with E-state index in [9.17, 15) is 0 Å². The van der Waals surface area contributed by atoms with Crippen LogP contribution >= 0.6 is 0 Å². The van der Waals surface area contributed by atoms with Crippen LogP contribution in [0.4, 0.5) is 0 Å². The SMILES string of the molecule is [Au+2].[Cl-].[Cl-].[Cl-].[Na+]. The molecule has 0 rings (SSSR count). The van der Waals surface area contributed by atoms with Gasteiger partial charge in [-0.1, -0.05) is 0 Å². The van der Waals surface area contributed by atoms with E-state index in [4.69, 9.17) is 0 Å². The molecule has 0 spiro atoms. The third-order valence-electron chi connectivity index (χ3n) is 0. The van der Waals surface area contributed by atoms with E-state index in [1.54, 1.807) is 0 Å². The van der Waals surface area contributed by atoms with Gasteiger partial charge < -0.3 is 37.2 Å². The second-order valence-electron chi connectivity index (χ2n) is 0. The normalized spacial score (nSPS) is 0. The molecule has 0 bridgehead atoms. The average Bonchev–Trinajstić information content (AvgIpc) is 0. The van der Waals surface area contributed by atoms with E-state index in [0.29, 0.717) is 0 Å². The number of rotatable bonds is 0. The van der Waals surface area contributed by atoms with E-state index in [1.807, 2.05) is 0 Å². The Morgan fingerprint density at radius 3 is 0.600 bits per heavy atom. The van der Waals surface area contributed by atoms with Crippen molar-refractivity contribution in [2.24, 2.45) is 0 Å². The predicted molar refractivity (Wildman–Crippen MR) is 0 cm³/mol. The van der Waals surface area contributed by atoms with Crippen molar-refractivity contribution in [2.75, 3.05) is 0 Å². The molecule has 0 aromatic carbocycles. The summed E-state index contributed by atoms with van der Waals surface area (Å²) in [5.41, 5.74) is 0. The molecule has 0 aliphatic rings. The van der Waals surface area contributed by atoms with Gasteiger partial charge >= 0.3 is 51.9 Å². The standard InChI is InChI=1S/Au.3ClH.Na/h;3*1H;/q+2;;;;+1/p-3. The summed E-state index contributed by atoms with van der Waals surface area (Å²) in [6.45, 7) is 0. The monoisotopic (exact) mass is 325 g/mol. The van der Waals surface area contributed by atoms with E-state index in [0.717, 1.165) is 0 Å². The molecule has 0 fully saturated rings. The maximum atomic E-state index is 0. The van der Waals surface area contributed by atoms with Crippen LogP contribution in [-0.4, -0.2) is 0 Å². The van der Waals surface area contributed by atoms with Gasteiger partial charge in [-0.2, -0.15) is 0 Å². The van der Waals surface area contributed by atoms with Crippen LogP contribution in [0.3, 0.4) is 0 Å². The zero-order chi connectivity index (χ0) is 0. The Kier molecular flexibility index (Phi) is 298. The molecular weight excluding hydrogens is 326 g/mol. The van der Waals surface area contributed by atoms with Crippen LogP contribution in [0.15, 0.2) is 0 Å². The fourth-order valence-corrected chi connectivity index (χ4v) is 0. The Labute approximate surface area is 87.9 Å². The first-order chi connectivity index (χ1) is 0. The van der Waals surface area contributed by atoms with Gasteiger partial charge in [-0.05, 0) is 0 Å². The molecule has 5 heteroatoms. The number of halogens is 3. The third kappa shape index (κ3) is 20.6. The molecule has 0 aliphatic heterocycles. The minimum Gasteiger partial charge on any atom is -1.00 e. The average molecular weight is 326 g/mol. The van der Waals surface area contributed by atoms with Crippen molar-refractivity contribution in [3.8, 4) is 0 Å². The Balaban J connectivity index is 0. The molecule has 0 nitrogen and oxygen atoms in total. The summed E-state index contributed by atoms with van der Waals surface area (Å²) in [6, 6.07) is 0. The van der Waals surface area contributed by atoms with Crippen LogP contribution in [0.1, 0.15) is 0 Å². The van der Waals surface area contributed by atoms with Gasteiger partial charge in [0.25, 0.3) is 0 Å². The minimum absolute atomic E-state index is 0. The first-order valence-electron chi connectivity index (χ1n) is 0. The topological polar surface area (TPSA) is 0 Å². The Morgan fingerprint density at radius 2 is 0.600 bits per heavy atom. The van der Waals surface area contributed by atoms with Crippen molar-refractivity contribution >= 4 is 0 Å². The maximum Gasteiger partial charge on any atom is 2.00 e. The van der Waals surface area contributed by atoms with Crippen molar-refractivity contribution in [3.05, 3.63) is 0 Å². The zero-order valence-electron chi connectivity index (χ0n) is 2.44. The van der Waals surface area contributed by atoms with E-state index < -0.39 is 0 Å². The van der Waals surface area contributed by atoms with E-state index in [2.05, 4.69) is 0 Å². The molecule has 0 saturated carbocycles. The van der Waals surface area contributed by atoms with Crippen molar-refractivity contribution in [2.45, 2.75) is 0 Å². The zero-order valence-corrected chi connectivity index (χ0v) is 8.87. The molecule has 5 heavy (non-hydrogen) atoms. The van der Waals surface area contributed by atoms with Crippen molar-refractivity contribution in [1.29, 1.82) is 0 Å². The van der Waals surface area contributed by atoms with Crippen LogP contribution in [0.5, 0.6) is 0 Å². The maximum absolute atomic E-state index is 0. The predicted octanol–water partition coefficient (Wildman–Crippen LogP) is -12.0. The van der Waals surface area contributed by atoms with Crippen molar-refractivity contribution in [1.82, 2.24) is 0 Å². The van der Waals surface area contributed by atoms with Gasteiger partial charge in [-0.15, -0.1) is 0 Å². The van der Waals surface area contributed by atoms with E-state index in [-0.39, 0.29) is 89.2 Å². The summed E-state index contributed by atoms with van der Waals surface area (Å²) >= 11 is 0. The molecular formula is AuCl3Na. The summed E-state index contributed by atoms with van der Waals surface area (Å²) in [5.74, 6) is 0. The molecule has 33 valence electrons. The Hall–Kier alpha value is 2.61. The second-order valence-corrected chi connectivity index (χ2v) is 0. The molecule has 0 aromatic heterocycles. The Morgan fingerprint density at radius 1 is 0.600 bits per heavy atom. The molecule has 0 N–H and O–H groups in total. The summed E-state index contributed by atoms with van der Waals surface area (Å²) < 4.78 is 0. The third-order valence-corrected chi connectivity index (χ3v) is 0. The van der Waals surface area contributed by atoms with Gasteiger partial charge in [0.2, 0.25) is 0 Å². The quantitative estimate of drug-likeness (QED) is 0.388. The molecule has 0 unspecified atom stereocenters. The van der Waals surface area contributed by atoms with Crippen molar-refractivity contribution < 1.29 is 89.2 Å². The molecule has 1 radical (unpaired) electrons. The summed E-state index contributed by atoms with van der Waals surface area (Å²) in [7, 11) is 0. The minimum atomic E-state index is 0. The fourth-order valence-electron chi connectivity index (χ4n) is 0. The molecule has 0 saturated heterocycles. The van der Waals surface area contributed by atoms with E-state index in [1.165, 1.54) is 0 Å². The second kappa shape index (κ2) is 30.5. The summed E-state index contributed by atoms with van der Waals surface area (Å²) in [6.07, 6.45) is 0. The largest absolute Gasteiger partial charge is 2.00 e. The molecule has 0 amide bonds. The molecule has 0 heterocycles. The Bertz CT molecular complexity index is 6.85. The summed E-state index contributed by atoms with van der Waals surface area (Å²) in [4.78, 5) is 0. The van der Waals surface area contributed by atoms with Gasteiger partial charge in [0.05, 0.1) is 0 Å². The van der Waals surface area contributed by atoms with Gasteiger partial charge in [0, 0.05) is 0 Å².